The van der Waals surface area contributed by atoms with Gasteiger partial charge in [-0.3, -0.25) is 4.79 Å². The number of rotatable bonds is 3. The van der Waals surface area contributed by atoms with Gasteiger partial charge < -0.3 is 20.1 Å². The van der Waals surface area contributed by atoms with Crippen LogP contribution in [0.3, 0.4) is 0 Å². The van der Waals surface area contributed by atoms with Crippen molar-refractivity contribution in [3.8, 4) is 0 Å². The molecule has 0 bridgehead atoms. The van der Waals surface area contributed by atoms with Crippen LogP contribution >= 0.6 is 0 Å². The average molecular weight is 521 g/mol. The first kappa shape index (κ1) is 24.5. The van der Waals surface area contributed by atoms with E-state index in [9.17, 15) is 18.4 Å². The molecule has 6 rings (SSSR count). The lowest BCUT2D eigenvalue weighted by atomic mass is 9.74. The van der Waals surface area contributed by atoms with E-state index in [1.54, 1.807) is 23.4 Å². The Hall–Kier alpha value is -3.82. The fraction of sp³-hybridized carbons (Fsp3) is 0.429. The maximum atomic E-state index is 14.7. The number of anilines is 1. The minimum Gasteiger partial charge on any atom is -0.330 e. The predicted molar refractivity (Wildman–Crippen MR) is 137 cm³/mol. The number of carbonyl (C=O) groups excluding carboxylic acids is 2. The standard InChI is InChI=1S/C28H30F2N6O2/c1-2-18-15-32-25-22(9-8-17(16-36(18)25)19-5-3-7-21(29)23(19)30)33-27(38)35-13-10-28(11-14-35)20-6-4-12-31-24(20)34-26(28)37/h3-7,12,15,17,22H,2,8-11,13-14,16H2,1H3,(H,33,38)(H,31,34,37)/t17-,22-/m1/s1. The number of hydrogen-bond acceptors (Lipinski definition) is 4. The molecule has 1 aromatic carbocycles. The van der Waals surface area contributed by atoms with Gasteiger partial charge in [-0.25, -0.2) is 23.5 Å². The lowest BCUT2D eigenvalue weighted by Gasteiger charge is -2.38. The molecular weight excluding hydrogens is 490 g/mol. The third kappa shape index (κ3) is 3.93. The van der Waals surface area contributed by atoms with E-state index in [1.165, 1.54) is 6.07 Å². The van der Waals surface area contributed by atoms with E-state index in [-0.39, 0.29) is 23.9 Å². The van der Waals surface area contributed by atoms with Crippen molar-refractivity contribution in [2.75, 3.05) is 18.4 Å². The Bertz CT molecular complexity index is 1400. The van der Waals surface area contributed by atoms with Crippen LogP contribution in [-0.4, -0.2) is 44.5 Å². The molecule has 0 radical (unpaired) electrons. The second kappa shape index (κ2) is 9.49. The van der Waals surface area contributed by atoms with Crippen LogP contribution in [0.2, 0.25) is 0 Å². The summed E-state index contributed by atoms with van der Waals surface area (Å²) in [5.41, 5.74) is 1.59. The highest BCUT2D eigenvalue weighted by Crippen LogP contribution is 2.44. The van der Waals surface area contributed by atoms with E-state index in [0.29, 0.717) is 56.7 Å². The molecule has 3 aliphatic rings. The molecule has 3 aliphatic heterocycles. The Labute approximate surface area is 219 Å². The predicted octanol–water partition coefficient (Wildman–Crippen LogP) is 4.43. The molecule has 3 aromatic rings. The van der Waals surface area contributed by atoms with Crippen LogP contribution in [0.15, 0.2) is 42.7 Å². The molecule has 10 heteroatoms. The van der Waals surface area contributed by atoms with Gasteiger partial charge in [0.2, 0.25) is 5.91 Å². The fourth-order valence-electron chi connectivity index (χ4n) is 6.30. The molecule has 1 fully saturated rings. The van der Waals surface area contributed by atoms with Gasteiger partial charge in [-0.1, -0.05) is 25.1 Å². The zero-order valence-electron chi connectivity index (χ0n) is 21.2. The smallest absolute Gasteiger partial charge is 0.317 e. The lowest BCUT2D eigenvalue weighted by Crippen LogP contribution is -2.51. The number of fused-ring (bicyclic) bond motifs is 3. The van der Waals surface area contributed by atoms with Crippen molar-refractivity contribution in [1.82, 2.24) is 24.8 Å². The number of benzene rings is 1. The SMILES string of the molecule is CCc1cnc2n1C[C@H](c1cccc(F)c1F)CC[C@H]2NC(=O)N1CCC2(CC1)C(=O)Nc1ncccc12. The van der Waals surface area contributed by atoms with Gasteiger partial charge in [0.05, 0.1) is 11.5 Å². The summed E-state index contributed by atoms with van der Waals surface area (Å²) in [7, 11) is 0. The zero-order valence-corrected chi connectivity index (χ0v) is 21.2. The average Bonchev–Trinajstić information content (AvgIpc) is 3.39. The number of urea groups is 1. The Morgan fingerprint density at radius 2 is 1.97 bits per heavy atom. The van der Waals surface area contributed by atoms with Crippen LogP contribution in [-0.2, 0) is 23.2 Å². The molecule has 0 unspecified atom stereocenters. The molecular formula is C28H30F2N6O2. The maximum absolute atomic E-state index is 14.7. The van der Waals surface area contributed by atoms with Gasteiger partial charge in [0.1, 0.15) is 11.6 Å². The monoisotopic (exact) mass is 520 g/mol. The highest BCUT2D eigenvalue weighted by Gasteiger charge is 2.49. The molecule has 0 aliphatic carbocycles. The molecule has 38 heavy (non-hydrogen) atoms. The minimum absolute atomic E-state index is 0.0558. The number of piperidine rings is 1. The number of pyridine rings is 1. The minimum atomic E-state index is -0.851. The molecule has 2 atom stereocenters. The second-order valence-electron chi connectivity index (χ2n) is 10.4. The summed E-state index contributed by atoms with van der Waals surface area (Å²) >= 11 is 0. The lowest BCUT2D eigenvalue weighted by molar-refractivity contribution is -0.122. The number of aryl methyl sites for hydroxylation is 1. The van der Waals surface area contributed by atoms with Crippen molar-refractivity contribution < 1.29 is 18.4 Å². The van der Waals surface area contributed by atoms with Crippen molar-refractivity contribution in [1.29, 1.82) is 0 Å². The molecule has 8 nitrogen and oxygen atoms in total. The highest BCUT2D eigenvalue weighted by atomic mass is 19.2. The Kier molecular flexibility index (Phi) is 6.12. The van der Waals surface area contributed by atoms with E-state index in [0.717, 1.165) is 29.6 Å². The molecule has 1 spiro atoms. The van der Waals surface area contributed by atoms with Gasteiger partial charge in [0, 0.05) is 49.2 Å². The van der Waals surface area contributed by atoms with Crippen LogP contribution in [0.1, 0.15) is 67.2 Å². The number of nitrogens with zero attached hydrogens (tertiary/aromatic N) is 4. The van der Waals surface area contributed by atoms with Crippen molar-refractivity contribution in [3.63, 3.8) is 0 Å². The van der Waals surface area contributed by atoms with E-state index >= 15 is 0 Å². The topological polar surface area (TPSA) is 92.2 Å². The highest BCUT2D eigenvalue weighted by molar-refractivity contribution is 6.05. The number of aromatic nitrogens is 3. The molecule has 0 saturated carbocycles. The molecule has 198 valence electrons. The van der Waals surface area contributed by atoms with Gasteiger partial charge in [-0.15, -0.1) is 0 Å². The van der Waals surface area contributed by atoms with E-state index in [1.807, 2.05) is 23.6 Å². The summed E-state index contributed by atoms with van der Waals surface area (Å²) in [5, 5.41) is 6.04. The fourth-order valence-corrected chi connectivity index (χ4v) is 6.30. The number of carbonyl (C=O) groups is 2. The van der Waals surface area contributed by atoms with Gasteiger partial charge in [0.25, 0.3) is 0 Å². The zero-order chi connectivity index (χ0) is 26.4. The summed E-state index contributed by atoms with van der Waals surface area (Å²) in [5.74, 6) is -0.616. The van der Waals surface area contributed by atoms with Gasteiger partial charge in [0.15, 0.2) is 11.6 Å². The summed E-state index contributed by atoms with van der Waals surface area (Å²) in [6.07, 6.45) is 6.35. The Morgan fingerprint density at radius 1 is 1.16 bits per heavy atom. The normalized spacial score (nSPS) is 22.0. The number of amides is 3. The van der Waals surface area contributed by atoms with Crippen LogP contribution in [0.25, 0.3) is 0 Å². The Morgan fingerprint density at radius 3 is 2.76 bits per heavy atom. The number of halogens is 2. The first-order valence-electron chi connectivity index (χ1n) is 13.2. The second-order valence-corrected chi connectivity index (χ2v) is 10.4. The van der Waals surface area contributed by atoms with Crippen molar-refractivity contribution in [2.45, 2.75) is 62.9 Å². The van der Waals surface area contributed by atoms with E-state index in [2.05, 4.69) is 20.6 Å². The summed E-state index contributed by atoms with van der Waals surface area (Å²) in [6.45, 7) is 3.37. The Balaban J connectivity index is 1.19. The molecule has 3 amide bonds. The third-order valence-corrected chi connectivity index (χ3v) is 8.46. The largest absolute Gasteiger partial charge is 0.330 e. The van der Waals surface area contributed by atoms with Crippen LogP contribution in [0.4, 0.5) is 19.4 Å². The number of nitrogens with one attached hydrogen (secondary N) is 2. The van der Waals surface area contributed by atoms with E-state index < -0.39 is 17.0 Å². The first-order chi connectivity index (χ1) is 18.4. The van der Waals surface area contributed by atoms with Crippen LogP contribution < -0.4 is 10.6 Å². The van der Waals surface area contributed by atoms with Crippen LogP contribution in [0, 0.1) is 11.6 Å². The number of imidazole rings is 1. The van der Waals surface area contributed by atoms with Gasteiger partial charge in [-0.05, 0) is 49.8 Å². The van der Waals surface area contributed by atoms with Crippen molar-refractivity contribution in [2.24, 2.45) is 0 Å². The maximum Gasteiger partial charge on any atom is 0.317 e. The third-order valence-electron chi connectivity index (χ3n) is 8.46. The summed E-state index contributed by atoms with van der Waals surface area (Å²) < 4.78 is 30.7. The van der Waals surface area contributed by atoms with Gasteiger partial charge >= 0.3 is 6.03 Å². The van der Waals surface area contributed by atoms with Crippen molar-refractivity contribution in [3.05, 3.63) is 77.0 Å². The first-order valence-corrected chi connectivity index (χ1v) is 13.2. The summed E-state index contributed by atoms with van der Waals surface area (Å²) in [4.78, 5) is 36.9. The van der Waals surface area contributed by atoms with Gasteiger partial charge in [-0.2, -0.15) is 0 Å². The van der Waals surface area contributed by atoms with E-state index in [4.69, 9.17) is 0 Å². The molecule has 2 N–H and O–H groups in total. The number of likely N-dealkylation sites (tertiary alicyclic amines) is 1. The van der Waals surface area contributed by atoms with Crippen molar-refractivity contribution >= 4 is 17.8 Å². The van der Waals surface area contributed by atoms with Crippen LogP contribution in [0.5, 0.6) is 0 Å². The molecule has 1 saturated heterocycles. The molecule has 5 heterocycles. The quantitative estimate of drug-likeness (QED) is 0.535. The summed E-state index contributed by atoms with van der Waals surface area (Å²) in [6, 6.07) is 7.51. The molecule has 2 aromatic heterocycles. The number of hydrogen-bond donors (Lipinski definition) is 2.